The number of guanidine groups is 1. The minimum absolute atomic E-state index is 0. The summed E-state index contributed by atoms with van der Waals surface area (Å²) >= 11 is 1.73. The molecule has 6 heteroatoms. The van der Waals surface area contributed by atoms with E-state index in [9.17, 15) is 0 Å². The first-order chi connectivity index (χ1) is 7.37. The smallest absolute Gasteiger partial charge is 0.186 e. The summed E-state index contributed by atoms with van der Waals surface area (Å²) in [4.78, 5) is 8.27. The van der Waals surface area contributed by atoms with Crippen LogP contribution in [-0.4, -0.2) is 15.7 Å². The molecule has 0 radical (unpaired) electrons. The minimum Gasteiger partial charge on any atom is -0.370 e. The van der Waals surface area contributed by atoms with Crippen LogP contribution in [0.15, 0.2) is 28.3 Å². The van der Waals surface area contributed by atoms with Gasteiger partial charge < -0.3 is 11.5 Å². The highest BCUT2D eigenvalue weighted by Gasteiger charge is 2.12. The molecule has 1 rings (SSSR count). The van der Waals surface area contributed by atoms with Crippen molar-refractivity contribution in [2.75, 3.05) is 0 Å². The first-order valence-electron chi connectivity index (χ1n) is 5.06. The Kier molecular flexibility index (Phi) is 6.84. The number of hydrogen-bond acceptors (Lipinski definition) is 3. The van der Waals surface area contributed by atoms with Crippen molar-refractivity contribution in [3.05, 3.63) is 23.9 Å². The molecule has 0 saturated heterocycles. The Bertz CT molecular complexity index is 383. The molecule has 17 heavy (non-hydrogen) atoms. The van der Waals surface area contributed by atoms with Crippen LogP contribution in [0.2, 0.25) is 0 Å². The predicted octanol–water partition coefficient (Wildman–Crippen LogP) is 2.36. The van der Waals surface area contributed by atoms with Crippen LogP contribution in [0.25, 0.3) is 0 Å². The van der Waals surface area contributed by atoms with E-state index in [-0.39, 0.29) is 34.7 Å². The number of nitrogens with zero attached hydrogens (tertiary/aromatic N) is 2. The summed E-state index contributed by atoms with van der Waals surface area (Å²) < 4.78 is 0.155. The number of aromatic nitrogens is 1. The molecule has 0 bridgehead atoms. The van der Waals surface area contributed by atoms with Crippen molar-refractivity contribution in [3.63, 3.8) is 0 Å². The molecule has 96 valence electrons. The summed E-state index contributed by atoms with van der Waals surface area (Å²) in [5.74, 6) is 0.113. The summed E-state index contributed by atoms with van der Waals surface area (Å²) in [6.07, 6.45) is 1.78. The van der Waals surface area contributed by atoms with Crippen molar-refractivity contribution in [1.29, 1.82) is 0 Å². The third-order valence-electron chi connectivity index (χ3n) is 1.65. The molecule has 0 unspecified atom stereocenters. The number of aliphatic imine (C=N–C) groups is 1. The van der Waals surface area contributed by atoms with Crippen molar-refractivity contribution >= 4 is 41.7 Å². The van der Waals surface area contributed by atoms with Gasteiger partial charge in [-0.3, -0.25) is 0 Å². The number of nitrogens with two attached hydrogens (primary N) is 2. The van der Waals surface area contributed by atoms with Gasteiger partial charge in [-0.2, -0.15) is 0 Å². The summed E-state index contributed by atoms with van der Waals surface area (Å²) in [6, 6.07) is 3.93. The van der Waals surface area contributed by atoms with Crippen LogP contribution >= 0.6 is 35.7 Å². The molecular weight excluding hydrogens is 347 g/mol. The van der Waals surface area contributed by atoms with Crippen LogP contribution in [0.4, 0.5) is 0 Å². The molecule has 0 aliphatic carbocycles. The molecule has 0 aromatic carbocycles. The number of thioether (sulfide) groups is 1. The lowest BCUT2D eigenvalue weighted by Gasteiger charge is -2.16. The predicted molar refractivity (Wildman–Crippen MR) is 84.8 cm³/mol. The zero-order valence-electron chi connectivity index (χ0n) is 10.3. The third-order valence-corrected chi connectivity index (χ3v) is 2.70. The van der Waals surface area contributed by atoms with Gasteiger partial charge in [-0.05, 0) is 17.7 Å². The molecule has 0 aliphatic heterocycles. The van der Waals surface area contributed by atoms with Gasteiger partial charge >= 0.3 is 0 Å². The van der Waals surface area contributed by atoms with Gasteiger partial charge in [-0.25, -0.2) is 9.98 Å². The second-order valence-electron chi connectivity index (χ2n) is 4.46. The second-order valence-corrected chi connectivity index (χ2v) is 6.31. The second kappa shape index (κ2) is 7.05. The molecular formula is C11H19IN4S. The Hall–Kier alpha value is -0.500. The summed E-state index contributed by atoms with van der Waals surface area (Å²) in [5.41, 5.74) is 11.6. The lowest BCUT2D eigenvalue weighted by molar-refractivity contribution is 0.798. The fraction of sp³-hybridized carbons (Fsp3) is 0.455. The van der Waals surface area contributed by atoms with E-state index in [0.717, 1.165) is 10.6 Å². The van der Waals surface area contributed by atoms with Crippen molar-refractivity contribution in [1.82, 2.24) is 4.98 Å². The molecule has 1 aromatic rings. The van der Waals surface area contributed by atoms with E-state index < -0.39 is 0 Å². The van der Waals surface area contributed by atoms with E-state index in [2.05, 4.69) is 30.7 Å². The van der Waals surface area contributed by atoms with Crippen LogP contribution in [0.5, 0.6) is 0 Å². The molecule has 4 nitrogen and oxygen atoms in total. The Morgan fingerprint density at radius 3 is 2.59 bits per heavy atom. The molecule has 0 spiro atoms. The van der Waals surface area contributed by atoms with Crippen LogP contribution in [0.3, 0.4) is 0 Å². The van der Waals surface area contributed by atoms with Crippen molar-refractivity contribution < 1.29 is 0 Å². The van der Waals surface area contributed by atoms with Gasteiger partial charge in [0.25, 0.3) is 0 Å². The Balaban J connectivity index is 0.00000256. The monoisotopic (exact) mass is 366 g/mol. The summed E-state index contributed by atoms with van der Waals surface area (Å²) in [5, 5.41) is 0.996. The Morgan fingerprint density at radius 1 is 1.41 bits per heavy atom. The zero-order valence-corrected chi connectivity index (χ0v) is 13.5. The largest absolute Gasteiger partial charge is 0.370 e. The van der Waals surface area contributed by atoms with Crippen LogP contribution in [0, 0.1) is 0 Å². The highest BCUT2D eigenvalue weighted by Crippen LogP contribution is 2.30. The molecule has 0 aliphatic rings. The van der Waals surface area contributed by atoms with Gasteiger partial charge in [-0.1, -0.05) is 20.8 Å². The molecule has 0 fully saturated rings. The number of hydrogen-bond donors (Lipinski definition) is 2. The molecule has 1 heterocycles. The minimum atomic E-state index is 0. The average molecular weight is 366 g/mol. The number of rotatable bonds is 3. The van der Waals surface area contributed by atoms with Crippen molar-refractivity contribution in [2.24, 2.45) is 16.5 Å². The quantitative estimate of drug-likeness (QED) is 0.373. The zero-order chi connectivity index (χ0) is 12.2. The van der Waals surface area contributed by atoms with Crippen LogP contribution < -0.4 is 11.5 Å². The maximum absolute atomic E-state index is 5.29. The van der Waals surface area contributed by atoms with Crippen molar-refractivity contribution in [3.8, 4) is 0 Å². The third kappa shape index (κ3) is 7.43. The SMILES string of the molecule is CC(C)(C)Sc1cc(CN=C(N)N)ccn1.I. The van der Waals surface area contributed by atoms with Crippen LogP contribution in [0.1, 0.15) is 26.3 Å². The average Bonchev–Trinajstić information content (AvgIpc) is 2.12. The molecule has 0 amide bonds. The molecule has 1 aromatic heterocycles. The first-order valence-corrected chi connectivity index (χ1v) is 5.88. The Morgan fingerprint density at radius 2 is 2.06 bits per heavy atom. The summed E-state index contributed by atoms with van der Waals surface area (Å²) in [6.45, 7) is 6.97. The van der Waals surface area contributed by atoms with Gasteiger partial charge in [0.15, 0.2) is 5.96 Å². The lowest BCUT2D eigenvalue weighted by Crippen LogP contribution is -2.22. The molecule has 0 atom stereocenters. The molecule has 4 N–H and O–H groups in total. The van der Waals surface area contributed by atoms with E-state index in [1.807, 2.05) is 12.1 Å². The normalized spacial score (nSPS) is 10.5. The fourth-order valence-electron chi connectivity index (χ4n) is 1.10. The van der Waals surface area contributed by atoms with Gasteiger partial charge in [0.05, 0.1) is 11.6 Å². The highest BCUT2D eigenvalue weighted by molar-refractivity contribution is 14.0. The van der Waals surface area contributed by atoms with E-state index in [1.165, 1.54) is 0 Å². The van der Waals surface area contributed by atoms with Gasteiger partial charge in [0.2, 0.25) is 0 Å². The fourth-order valence-corrected chi connectivity index (χ4v) is 2.05. The van der Waals surface area contributed by atoms with E-state index in [4.69, 9.17) is 11.5 Å². The van der Waals surface area contributed by atoms with Gasteiger partial charge in [-0.15, -0.1) is 35.7 Å². The number of pyridine rings is 1. The number of halogens is 1. The standard InChI is InChI=1S/C11H18N4S.HI/c1-11(2,3)16-9-6-8(4-5-14-9)7-15-10(12)13;/h4-6H,7H2,1-3H3,(H4,12,13,15);1H. The van der Waals surface area contributed by atoms with Gasteiger partial charge in [0, 0.05) is 10.9 Å². The maximum atomic E-state index is 5.29. The topological polar surface area (TPSA) is 77.3 Å². The first kappa shape index (κ1) is 16.5. The Labute approximate surface area is 124 Å². The summed E-state index contributed by atoms with van der Waals surface area (Å²) in [7, 11) is 0. The lowest BCUT2D eigenvalue weighted by atomic mass is 10.3. The van der Waals surface area contributed by atoms with Crippen LogP contribution in [-0.2, 0) is 6.54 Å². The van der Waals surface area contributed by atoms with E-state index >= 15 is 0 Å². The van der Waals surface area contributed by atoms with Gasteiger partial charge in [0.1, 0.15) is 0 Å². The molecule has 0 saturated carbocycles. The van der Waals surface area contributed by atoms with E-state index in [0.29, 0.717) is 6.54 Å². The maximum Gasteiger partial charge on any atom is 0.186 e. The van der Waals surface area contributed by atoms with Crippen molar-refractivity contribution in [2.45, 2.75) is 37.1 Å². The highest BCUT2D eigenvalue weighted by atomic mass is 127. The van der Waals surface area contributed by atoms with E-state index in [1.54, 1.807) is 18.0 Å².